The van der Waals surface area contributed by atoms with E-state index in [1.165, 1.54) is 24.9 Å². The van der Waals surface area contributed by atoms with Crippen molar-refractivity contribution in [2.45, 2.75) is 0 Å². The van der Waals surface area contributed by atoms with E-state index in [4.69, 9.17) is 0 Å². The molecule has 0 aliphatic rings. The SMILES string of the molecule is c1ccc2c(c1)sc1ccc3scnc3c12. The molecule has 2 heterocycles. The summed E-state index contributed by atoms with van der Waals surface area (Å²) in [7, 11) is 0. The summed E-state index contributed by atoms with van der Waals surface area (Å²) in [5, 5.41) is 2.65. The number of thiophene rings is 1. The van der Waals surface area contributed by atoms with E-state index in [2.05, 4.69) is 41.4 Å². The minimum Gasteiger partial charge on any atom is -0.244 e. The van der Waals surface area contributed by atoms with E-state index in [9.17, 15) is 0 Å². The van der Waals surface area contributed by atoms with Gasteiger partial charge in [-0.2, -0.15) is 0 Å². The van der Waals surface area contributed by atoms with Gasteiger partial charge in [-0.25, -0.2) is 4.98 Å². The van der Waals surface area contributed by atoms with Crippen molar-refractivity contribution >= 4 is 53.1 Å². The largest absolute Gasteiger partial charge is 0.244 e. The van der Waals surface area contributed by atoms with E-state index in [1.807, 2.05) is 16.8 Å². The van der Waals surface area contributed by atoms with Crippen molar-refractivity contribution in [1.29, 1.82) is 0 Å². The lowest BCUT2D eigenvalue weighted by molar-refractivity contribution is 1.52. The molecule has 16 heavy (non-hydrogen) atoms. The van der Waals surface area contributed by atoms with Crippen molar-refractivity contribution in [2.75, 3.05) is 0 Å². The van der Waals surface area contributed by atoms with E-state index in [0.29, 0.717) is 0 Å². The molecule has 1 nitrogen and oxygen atoms in total. The third kappa shape index (κ3) is 1.02. The van der Waals surface area contributed by atoms with Crippen LogP contribution in [-0.2, 0) is 0 Å². The molecule has 4 rings (SSSR count). The predicted molar refractivity (Wildman–Crippen MR) is 72.5 cm³/mol. The quantitative estimate of drug-likeness (QED) is 0.436. The summed E-state index contributed by atoms with van der Waals surface area (Å²) in [6.07, 6.45) is 0. The first-order valence-corrected chi connectivity index (χ1v) is 6.76. The lowest BCUT2D eigenvalue weighted by Gasteiger charge is -1.92. The molecule has 76 valence electrons. The van der Waals surface area contributed by atoms with Crippen molar-refractivity contribution in [3.8, 4) is 0 Å². The Labute approximate surface area is 100.0 Å². The van der Waals surface area contributed by atoms with Crippen LogP contribution in [0.1, 0.15) is 0 Å². The number of nitrogens with zero attached hydrogens (tertiary/aromatic N) is 1. The fourth-order valence-corrected chi connectivity index (χ4v) is 3.93. The first kappa shape index (κ1) is 8.67. The molecule has 0 saturated carbocycles. The molecule has 3 heteroatoms. The number of hydrogen-bond acceptors (Lipinski definition) is 3. The molecule has 0 aliphatic heterocycles. The van der Waals surface area contributed by atoms with Gasteiger partial charge in [-0.3, -0.25) is 0 Å². The molecule has 2 aromatic heterocycles. The minimum absolute atomic E-state index is 1.15. The van der Waals surface area contributed by atoms with E-state index in [-0.39, 0.29) is 0 Å². The highest BCUT2D eigenvalue weighted by Crippen LogP contribution is 2.38. The third-order valence-electron chi connectivity index (χ3n) is 2.84. The average Bonchev–Trinajstić information content (AvgIpc) is 2.91. The monoisotopic (exact) mass is 241 g/mol. The van der Waals surface area contributed by atoms with Gasteiger partial charge in [0.25, 0.3) is 0 Å². The van der Waals surface area contributed by atoms with Crippen molar-refractivity contribution in [2.24, 2.45) is 0 Å². The van der Waals surface area contributed by atoms with Gasteiger partial charge >= 0.3 is 0 Å². The maximum atomic E-state index is 4.49. The van der Waals surface area contributed by atoms with Crippen LogP contribution < -0.4 is 0 Å². The summed E-state index contributed by atoms with van der Waals surface area (Å²) in [5.74, 6) is 0. The zero-order valence-corrected chi connectivity index (χ0v) is 9.94. The van der Waals surface area contributed by atoms with Crippen LogP contribution >= 0.6 is 22.7 Å². The Balaban J connectivity index is 2.42. The second-order valence-corrected chi connectivity index (χ2v) is 5.71. The number of hydrogen-bond donors (Lipinski definition) is 0. The Morgan fingerprint density at radius 1 is 0.875 bits per heavy atom. The van der Waals surface area contributed by atoms with Crippen molar-refractivity contribution < 1.29 is 0 Å². The molecule has 0 atom stereocenters. The predicted octanol–water partition coefficient (Wildman–Crippen LogP) is 4.66. The Kier molecular flexibility index (Phi) is 1.64. The van der Waals surface area contributed by atoms with Gasteiger partial charge in [-0.05, 0) is 18.2 Å². The van der Waals surface area contributed by atoms with Crippen LogP contribution in [0.2, 0.25) is 0 Å². The molecule has 0 radical (unpaired) electrons. The number of rotatable bonds is 0. The van der Waals surface area contributed by atoms with Crippen LogP contribution in [0.5, 0.6) is 0 Å². The fourth-order valence-electron chi connectivity index (χ4n) is 2.14. The second-order valence-electron chi connectivity index (χ2n) is 3.74. The van der Waals surface area contributed by atoms with Crippen LogP contribution in [-0.4, -0.2) is 4.98 Å². The van der Waals surface area contributed by atoms with E-state index >= 15 is 0 Å². The molecule has 0 bridgehead atoms. The standard InChI is InChI=1S/C13H7NS2/c1-2-4-9-8(3-1)12-10(16-9)5-6-11-13(12)14-7-15-11/h1-7H. The van der Waals surface area contributed by atoms with Crippen molar-refractivity contribution in [3.05, 3.63) is 41.9 Å². The Morgan fingerprint density at radius 2 is 1.75 bits per heavy atom. The van der Waals surface area contributed by atoms with Gasteiger partial charge in [0.2, 0.25) is 0 Å². The smallest absolute Gasteiger partial charge is 0.0905 e. The molecule has 0 amide bonds. The van der Waals surface area contributed by atoms with Gasteiger partial charge < -0.3 is 0 Å². The number of fused-ring (bicyclic) bond motifs is 5. The molecule has 0 N–H and O–H groups in total. The van der Waals surface area contributed by atoms with Crippen molar-refractivity contribution in [3.63, 3.8) is 0 Å². The van der Waals surface area contributed by atoms with E-state index in [0.717, 1.165) is 5.52 Å². The molecule has 0 fully saturated rings. The summed E-state index contributed by atoms with van der Waals surface area (Å²) in [6, 6.07) is 12.9. The van der Waals surface area contributed by atoms with Crippen molar-refractivity contribution in [1.82, 2.24) is 4.98 Å². The topological polar surface area (TPSA) is 12.9 Å². The van der Waals surface area contributed by atoms with Gasteiger partial charge in [0.1, 0.15) is 0 Å². The normalized spacial score (nSPS) is 11.8. The Morgan fingerprint density at radius 3 is 2.75 bits per heavy atom. The van der Waals surface area contributed by atoms with Crippen LogP contribution in [0.15, 0.2) is 41.9 Å². The number of benzene rings is 2. The molecule has 0 unspecified atom stereocenters. The summed E-state index contributed by atoms with van der Waals surface area (Å²) in [5.41, 5.74) is 3.08. The van der Waals surface area contributed by atoms with Gasteiger partial charge in [-0.1, -0.05) is 18.2 Å². The summed E-state index contributed by atoms with van der Waals surface area (Å²) >= 11 is 3.55. The maximum absolute atomic E-state index is 4.49. The van der Waals surface area contributed by atoms with Gasteiger partial charge in [-0.15, -0.1) is 22.7 Å². The fraction of sp³-hybridized carbons (Fsp3) is 0. The van der Waals surface area contributed by atoms with E-state index < -0.39 is 0 Å². The maximum Gasteiger partial charge on any atom is 0.0905 e. The Hall–Kier alpha value is -1.45. The average molecular weight is 241 g/mol. The van der Waals surface area contributed by atoms with Gasteiger partial charge in [0, 0.05) is 20.2 Å². The summed E-state index contributed by atoms with van der Waals surface area (Å²) < 4.78 is 3.95. The number of thiazole rings is 1. The molecule has 0 spiro atoms. The lowest BCUT2D eigenvalue weighted by atomic mass is 10.1. The van der Waals surface area contributed by atoms with E-state index in [1.54, 1.807) is 11.3 Å². The number of aromatic nitrogens is 1. The minimum atomic E-state index is 1.15. The first-order valence-electron chi connectivity index (χ1n) is 5.07. The third-order valence-corrected chi connectivity index (χ3v) is 4.77. The first-order chi connectivity index (χ1) is 7.93. The van der Waals surface area contributed by atoms with Gasteiger partial charge in [0.05, 0.1) is 15.7 Å². The molecule has 0 aliphatic carbocycles. The van der Waals surface area contributed by atoms with Crippen LogP contribution in [0, 0.1) is 0 Å². The second kappa shape index (κ2) is 3.03. The molecule has 2 aromatic carbocycles. The van der Waals surface area contributed by atoms with Crippen LogP contribution in [0.25, 0.3) is 30.4 Å². The highest BCUT2D eigenvalue weighted by atomic mass is 32.1. The van der Waals surface area contributed by atoms with Gasteiger partial charge in [0.15, 0.2) is 0 Å². The highest BCUT2D eigenvalue weighted by Gasteiger charge is 2.09. The van der Waals surface area contributed by atoms with Crippen LogP contribution in [0.4, 0.5) is 0 Å². The highest BCUT2D eigenvalue weighted by molar-refractivity contribution is 7.26. The zero-order valence-electron chi connectivity index (χ0n) is 8.31. The lowest BCUT2D eigenvalue weighted by Crippen LogP contribution is -1.70. The summed E-state index contributed by atoms with van der Waals surface area (Å²) in [4.78, 5) is 4.49. The van der Waals surface area contributed by atoms with Crippen LogP contribution in [0.3, 0.4) is 0 Å². The summed E-state index contributed by atoms with van der Waals surface area (Å²) in [6.45, 7) is 0. The Bertz CT molecular complexity index is 810. The molecular weight excluding hydrogens is 234 g/mol. The molecule has 0 saturated heterocycles. The molecular formula is C13H7NS2. The zero-order chi connectivity index (χ0) is 10.5. The molecule has 4 aromatic rings.